The number of thioether (sulfide) groups is 1. The van der Waals surface area contributed by atoms with Crippen LogP contribution in [-0.2, 0) is 12.4 Å². The van der Waals surface area contributed by atoms with E-state index in [1.165, 1.54) is 40.9 Å². The Labute approximate surface area is 160 Å². The summed E-state index contributed by atoms with van der Waals surface area (Å²) in [6.07, 6.45) is -9.10. The molecule has 1 aliphatic rings. The van der Waals surface area contributed by atoms with Crippen molar-refractivity contribution >= 4 is 23.5 Å². The van der Waals surface area contributed by atoms with E-state index in [-0.39, 0.29) is 12.2 Å². The van der Waals surface area contributed by atoms with Crippen LogP contribution in [0.2, 0.25) is 0 Å². The average molecular weight is 420 g/mol. The van der Waals surface area contributed by atoms with Gasteiger partial charge in [0.25, 0.3) is 0 Å². The van der Waals surface area contributed by atoms with Crippen LogP contribution in [0.3, 0.4) is 0 Å². The molecule has 0 saturated carbocycles. The minimum atomic E-state index is -4.63. The lowest BCUT2D eigenvalue weighted by Crippen LogP contribution is -2.35. The van der Waals surface area contributed by atoms with Crippen molar-refractivity contribution in [3.05, 3.63) is 65.2 Å². The number of anilines is 1. The van der Waals surface area contributed by atoms with Crippen LogP contribution in [0.15, 0.2) is 48.5 Å². The minimum Gasteiger partial charge on any atom is -0.308 e. The Bertz CT molecular complexity index is 850. The number of carbonyl (C=O) groups is 1. The number of benzene rings is 2. The number of nitrogens with one attached hydrogen (secondary N) is 1. The number of hydrogen-bond donors (Lipinski definition) is 1. The maximum atomic E-state index is 13.1. The van der Waals surface area contributed by atoms with Gasteiger partial charge in [0.05, 0.1) is 16.8 Å². The molecule has 2 amide bonds. The van der Waals surface area contributed by atoms with E-state index in [4.69, 9.17) is 0 Å². The number of urea groups is 1. The third kappa shape index (κ3) is 4.37. The average Bonchev–Trinajstić information content (AvgIpc) is 3.10. The maximum absolute atomic E-state index is 13.1. The second kappa shape index (κ2) is 7.57. The van der Waals surface area contributed by atoms with Gasteiger partial charge in [-0.25, -0.2) is 4.79 Å². The van der Waals surface area contributed by atoms with E-state index >= 15 is 0 Å². The van der Waals surface area contributed by atoms with Crippen LogP contribution >= 0.6 is 11.8 Å². The number of para-hydroxylation sites is 1. The van der Waals surface area contributed by atoms with Crippen molar-refractivity contribution in [2.24, 2.45) is 0 Å². The van der Waals surface area contributed by atoms with Crippen molar-refractivity contribution < 1.29 is 31.1 Å². The van der Waals surface area contributed by atoms with Gasteiger partial charge in [-0.2, -0.15) is 26.3 Å². The summed E-state index contributed by atoms with van der Waals surface area (Å²) in [5, 5.41) is 1.69. The van der Waals surface area contributed by atoms with Crippen molar-refractivity contribution in [3.63, 3.8) is 0 Å². The lowest BCUT2D eigenvalue weighted by atomic mass is 10.1. The second-order valence-corrected chi connectivity index (χ2v) is 7.20. The van der Waals surface area contributed by atoms with Gasteiger partial charge in [-0.3, -0.25) is 0 Å². The molecule has 1 N–H and O–H groups in total. The van der Waals surface area contributed by atoms with E-state index in [1.54, 1.807) is 0 Å². The molecule has 0 aromatic heterocycles. The van der Waals surface area contributed by atoms with E-state index in [0.29, 0.717) is 11.3 Å². The third-order valence-corrected chi connectivity index (χ3v) is 5.41. The molecule has 3 rings (SSSR count). The van der Waals surface area contributed by atoms with Gasteiger partial charge in [0.15, 0.2) is 0 Å². The number of amides is 2. The Morgan fingerprint density at radius 1 is 0.964 bits per heavy atom. The molecule has 1 atom stereocenters. The van der Waals surface area contributed by atoms with Gasteiger partial charge in [0.2, 0.25) is 0 Å². The van der Waals surface area contributed by atoms with Gasteiger partial charge in [0.1, 0.15) is 5.37 Å². The van der Waals surface area contributed by atoms with E-state index in [9.17, 15) is 31.1 Å². The van der Waals surface area contributed by atoms with Crippen LogP contribution in [0.4, 0.5) is 36.8 Å². The van der Waals surface area contributed by atoms with Crippen LogP contribution < -0.4 is 5.32 Å². The Balaban J connectivity index is 1.79. The summed E-state index contributed by atoms with van der Waals surface area (Å²) in [5.74, 6) is 0.514. The Morgan fingerprint density at radius 2 is 1.61 bits per heavy atom. The predicted octanol–water partition coefficient (Wildman–Crippen LogP) is 6.00. The molecule has 28 heavy (non-hydrogen) atoms. The van der Waals surface area contributed by atoms with Crippen molar-refractivity contribution in [3.8, 4) is 0 Å². The standard InChI is InChI=1S/C18H14F6N2OS/c19-17(20,21)12-7-5-11(6-8-12)15-26(9-10-28-15)16(27)25-14-4-2-1-3-13(14)18(22,23)24/h1-8,15H,9-10H2,(H,25,27). The minimum absolute atomic E-state index is 0.260. The Kier molecular flexibility index (Phi) is 5.51. The van der Waals surface area contributed by atoms with Crippen molar-refractivity contribution in [2.45, 2.75) is 17.7 Å². The molecular weight excluding hydrogens is 406 g/mol. The molecule has 2 aromatic rings. The highest BCUT2D eigenvalue weighted by Crippen LogP contribution is 2.40. The summed E-state index contributed by atoms with van der Waals surface area (Å²) in [6.45, 7) is 0.260. The lowest BCUT2D eigenvalue weighted by molar-refractivity contribution is -0.138. The monoisotopic (exact) mass is 420 g/mol. The zero-order valence-electron chi connectivity index (χ0n) is 14.1. The van der Waals surface area contributed by atoms with Crippen molar-refractivity contribution in [2.75, 3.05) is 17.6 Å². The molecule has 0 radical (unpaired) electrons. The molecule has 1 unspecified atom stereocenters. The summed E-state index contributed by atoms with van der Waals surface area (Å²) < 4.78 is 77.4. The first kappa shape index (κ1) is 20.4. The number of carbonyl (C=O) groups excluding carboxylic acids is 1. The van der Waals surface area contributed by atoms with Crippen molar-refractivity contribution in [1.29, 1.82) is 0 Å². The molecular formula is C18H14F6N2OS. The molecule has 1 heterocycles. The number of alkyl halides is 6. The first-order valence-electron chi connectivity index (χ1n) is 8.10. The second-order valence-electron chi connectivity index (χ2n) is 6.01. The van der Waals surface area contributed by atoms with Crippen molar-refractivity contribution in [1.82, 2.24) is 4.90 Å². The van der Waals surface area contributed by atoms with E-state index in [2.05, 4.69) is 5.32 Å². The number of nitrogens with zero attached hydrogens (tertiary/aromatic N) is 1. The molecule has 1 saturated heterocycles. The number of hydrogen-bond acceptors (Lipinski definition) is 2. The SMILES string of the molecule is O=C(Nc1ccccc1C(F)(F)F)N1CCSC1c1ccc(C(F)(F)F)cc1. The summed E-state index contributed by atoms with van der Waals surface area (Å²) in [5.41, 5.74) is -1.69. The summed E-state index contributed by atoms with van der Waals surface area (Å²) in [6, 6.07) is 8.25. The summed E-state index contributed by atoms with van der Waals surface area (Å²) in [7, 11) is 0. The van der Waals surface area contributed by atoms with Gasteiger partial charge < -0.3 is 10.2 Å². The molecule has 3 nitrogen and oxygen atoms in total. The third-order valence-electron chi connectivity index (χ3n) is 4.15. The van der Waals surface area contributed by atoms with Gasteiger partial charge in [0, 0.05) is 12.3 Å². The molecule has 1 fully saturated rings. The lowest BCUT2D eigenvalue weighted by Gasteiger charge is -2.25. The Morgan fingerprint density at radius 3 is 2.21 bits per heavy atom. The van der Waals surface area contributed by atoms with Gasteiger partial charge in [-0.15, -0.1) is 11.8 Å². The van der Waals surface area contributed by atoms with E-state index in [0.717, 1.165) is 24.3 Å². The first-order chi connectivity index (χ1) is 13.1. The van der Waals surface area contributed by atoms with Gasteiger partial charge >= 0.3 is 18.4 Å². The number of halogens is 6. The zero-order valence-corrected chi connectivity index (χ0v) is 15.0. The van der Waals surface area contributed by atoms with E-state index in [1.807, 2.05) is 0 Å². The fourth-order valence-corrected chi connectivity index (χ4v) is 4.07. The summed E-state index contributed by atoms with van der Waals surface area (Å²) in [4.78, 5) is 13.9. The maximum Gasteiger partial charge on any atom is 0.418 e. The predicted molar refractivity (Wildman–Crippen MR) is 93.8 cm³/mol. The molecule has 150 valence electrons. The topological polar surface area (TPSA) is 32.3 Å². The van der Waals surface area contributed by atoms with Gasteiger partial charge in [-0.05, 0) is 29.8 Å². The Hall–Kier alpha value is -2.36. The summed E-state index contributed by atoms with van der Waals surface area (Å²) >= 11 is 1.33. The van der Waals surface area contributed by atoms with Gasteiger partial charge in [-0.1, -0.05) is 24.3 Å². The highest BCUT2D eigenvalue weighted by Gasteiger charge is 2.36. The van der Waals surface area contributed by atoms with Crippen LogP contribution in [0.5, 0.6) is 0 Å². The quantitative estimate of drug-likeness (QED) is 0.604. The van der Waals surface area contributed by atoms with Crippen LogP contribution in [0.1, 0.15) is 22.1 Å². The highest BCUT2D eigenvalue weighted by molar-refractivity contribution is 7.99. The van der Waals surface area contributed by atoms with Crippen LogP contribution in [0.25, 0.3) is 0 Å². The fourth-order valence-electron chi connectivity index (χ4n) is 2.82. The van der Waals surface area contributed by atoms with E-state index < -0.39 is 34.9 Å². The molecule has 10 heteroatoms. The molecule has 0 aliphatic carbocycles. The highest BCUT2D eigenvalue weighted by atomic mass is 32.2. The molecule has 0 bridgehead atoms. The molecule has 0 spiro atoms. The normalized spacial score (nSPS) is 17.6. The van der Waals surface area contributed by atoms with Crippen LogP contribution in [-0.4, -0.2) is 23.2 Å². The number of rotatable bonds is 2. The molecule has 1 aliphatic heterocycles. The largest absolute Gasteiger partial charge is 0.418 e. The fraction of sp³-hybridized carbons (Fsp3) is 0.278. The smallest absolute Gasteiger partial charge is 0.308 e. The molecule has 2 aromatic carbocycles. The van der Waals surface area contributed by atoms with Crippen LogP contribution in [0, 0.1) is 0 Å². The first-order valence-corrected chi connectivity index (χ1v) is 9.15. The zero-order chi connectivity index (χ0) is 20.5.